The number of hydrogen-bond donors (Lipinski definition) is 1. The van der Waals surface area contributed by atoms with Crippen molar-refractivity contribution in [1.29, 1.82) is 0 Å². The highest BCUT2D eigenvalue weighted by molar-refractivity contribution is 5.97. The molecule has 10 heteroatoms. The van der Waals surface area contributed by atoms with E-state index < -0.39 is 17.6 Å². The Balaban J connectivity index is 1.50. The lowest BCUT2D eigenvalue weighted by molar-refractivity contribution is -0.137. The first-order valence-corrected chi connectivity index (χ1v) is 10.3. The van der Waals surface area contributed by atoms with E-state index in [4.69, 9.17) is 0 Å². The summed E-state index contributed by atoms with van der Waals surface area (Å²) in [5, 5.41) is 3.26. The minimum absolute atomic E-state index is 0.0381. The van der Waals surface area contributed by atoms with Crippen LogP contribution in [-0.4, -0.2) is 39.6 Å². The van der Waals surface area contributed by atoms with Crippen molar-refractivity contribution in [2.45, 2.75) is 39.0 Å². The van der Waals surface area contributed by atoms with Crippen LogP contribution in [0.5, 0.6) is 0 Å². The van der Waals surface area contributed by atoms with Crippen LogP contribution >= 0.6 is 0 Å². The Morgan fingerprint density at radius 3 is 2.69 bits per heavy atom. The van der Waals surface area contributed by atoms with Gasteiger partial charge in [-0.15, -0.1) is 0 Å². The van der Waals surface area contributed by atoms with Crippen LogP contribution in [0.3, 0.4) is 0 Å². The van der Waals surface area contributed by atoms with Gasteiger partial charge in [-0.2, -0.15) is 13.2 Å². The van der Waals surface area contributed by atoms with E-state index in [9.17, 15) is 22.8 Å². The van der Waals surface area contributed by atoms with E-state index in [-0.39, 0.29) is 17.0 Å². The third-order valence-electron chi connectivity index (χ3n) is 5.57. The Bertz CT molecular complexity index is 1220. The summed E-state index contributed by atoms with van der Waals surface area (Å²) in [6.45, 7) is 5.21. The largest absolute Gasteiger partial charge is 0.417 e. The standard InChI is InChI=1S/C22H22F3N5O2/c1-3-29-12-17(19(31)16-6-4-13(2)27-20(16)29)21(32)28-15-8-9-30(11-15)18-7-5-14(10-26-18)22(23,24)25/h4-7,10,12,15H,3,8-9,11H2,1-2H3,(H,28,32)/t15-/m1/s1. The van der Waals surface area contributed by atoms with Crippen LogP contribution in [0.2, 0.25) is 0 Å². The maximum absolute atomic E-state index is 12.9. The summed E-state index contributed by atoms with van der Waals surface area (Å²) >= 11 is 0. The zero-order valence-corrected chi connectivity index (χ0v) is 17.6. The Morgan fingerprint density at radius 2 is 2.03 bits per heavy atom. The summed E-state index contributed by atoms with van der Waals surface area (Å²) in [5.41, 5.74) is 0.164. The lowest BCUT2D eigenvalue weighted by Crippen LogP contribution is -2.39. The topological polar surface area (TPSA) is 80.1 Å². The normalized spacial score (nSPS) is 16.5. The fraction of sp³-hybridized carbons (Fsp3) is 0.364. The molecule has 0 aliphatic carbocycles. The number of fused-ring (bicyclic) bond motifs is 1. The van der Waals surface area contributed by atoms with E-state index in [1.54, 1.807) is 16.7 Å². The van der Waals surface area contributed by atoms with Crippen molar-refractivity contribution in [1.82, 2.24) is 19.9 Å². The number of nitrogens with zero attached hydrogens (tertiary/aromatic N) is 4. The van der Waals surface area contributed by atoms with E-state index >= 15 is 0 Å². The van der Waals surface area contributed by atoms with Gasteiger partial charge in [0.05, 0.1) is 10.9 Å². The van der Waals surface area contributed by atoms with Crippen LogP contribution < -0.4 is 15.6 Å². The highest BCUT2D eigenvalue weighted by Crippen LogP contribution is 2.30. The molecule has 3 aromatic rings. The molecule has 1 N–H and O–H groups in total. The van der Waals surface area contributed by atoms with Crippen LogP contribution in [0.4, 0.5) is 19.0 Å². The number of nitrogens with one attached hydrogen (secondary N) is 1. The number of hydrogen-bond acceptors (Lipinski definition) is 5. The van der Waals surface area contributed by atoms with Crippen LogP contribution in [-0.2, 0) is 12.7 Å². The van der Waals surface area contributed by atoms with Crippen molar-refractivity contribution in [3.05, 3.63) is 63.7 Å². The Morgan fingerprint density at radius 1 is 1.25 bits per heavy atom. The maximum Gasteiger partial charge on any atom is 0.417 e. The number of pyridine rings is 3. The van der Waals surface area contributed by atoms with Gasteiger partial charge in [0.1, 0.15) is 17.0 Å². The molecular formula is C22H22F3N5O2. The number of carbonyl (C=O) groups is 1. The smallest absolute Gasteiger partial charge is 0.354 e. The van der Waals surface area contributed by atoms with E-state index in [1.165, 1.54) is 12.3 Å². The SMILES string of the molecule is CCn1cc(C(=O)N[C@@H]2CCN(c3ccc(C(F)(F)F)cn3)C2)c(=O)c2ccc(C)nc21. The number of aromatic nitrogens is 3. The van der Waals surface area contributed by atoms with E-state index in [1.807, 2.05) is 18.7 Å². The molecule has 1 amide bonds. The Kier molecular flexibility index (Phi) is 5.62. The Labute approximate surface area is 181 Å². The minimum atomic E-state index is -4.44. The van der Waals surface area contributed by atoms with Crippen LogP contribution in [0, 0.1) is 6.92 Å². The van der Waals surface area contributed by atoms with Gasteiger partial charge in [0.15, 0.2) is 0 Å². The number of carbonyl (C=O) groups excluding carboxylic acids is 1. The predicted molar refractivity (Wildman–Crippen MR) is 114 cm³/mol. The molecule has 0 bridgehead atoms. The van der Waals surface area contributed by atoms with Crippen LogP contribution in [0.1, 0.15) is 35.0 Å². The zero-order chi connectivity index (χ0) is 23.0. The first-order chi connectivity index (χ1) is 15.2. The average Bonchev–Trinajstić information content (AvgIpc) is 3.22. The molecular weight excluding hydrogens is 423 g/mol. The molecule has 1 fully saturated rings. The summed E-state index contributed by atoms with van der Waals surface area (Å²) in [6, 6.07) is 5.47. The second-order valence-electron chi connectivity index (χ2n) is 7.79. The molecule has 4 heterocycles. The van der Waals surface area contributed by atoms with Crippen molar-refractivity contribution >= 4 is 22.8 Å². The molecule has 1 aliphatic heterocycles. The molecule has 168 valence electrons. The maximum atomic E-state index is 12.9. The third-order valence-corrected chi connectivity index (χ3v) is 5.57. The highest BCUT2D eigenvalue weighted by atomic mass is 19.4. The van der Waals surface area contributed by atoms with Gasteiger partial charge in [0, 0.05) is 43.8 Å². The number of anilines is 1. The van der Waals surface area contributed by atoms with Crippen molar-refractivity contribution in [3.8, 4) is 0 Å². The lowest BCUT2D eigenvalue weighted by Gasteiger charge is -2.19. The predicted octanol–water partition coefficient (Wildman–Crippen LogP) is 3.15. The molecule has 3 aromatic heterocycles. The molecule has 32 heavy (non-hydrogen) atoms. The van der Waals surface area contributed by atoms with Gasteiger partial charge in [-0.1, -0.05) is 0 Å². The second-order valence-corrected chi connectivity index (χ2v) is 7.79. The summed E-state index contributed by atoms with van der Waals surface area (Å²) < 4.78 is 40.0. The van der Waals surface area contributed by atoms with Gasteiger partial charge < -0.3 is 14.8 Å². The van der Waals surface area contributed by atoms with Crippen LogP contribution in [0.25, 0.3) is 11.0 Å². The van der Waals surface area contributed by atoms with E-state index in [2.05, 4.69) is 15.3 Å². The number of amides is 1. The third kappa shape index (κ3) is 4.17. The van der Waals surface area contributed by atoms with Gasteiger partial charge in [0.25, 0.3) is 5.91 Å². The fourth-order valence-corrected chi connectivity index (χ4v) is 3.85. The first kappa shape index (κ1) is 21.8. The number of halogens is 3. The van der Waals surface area contributed by atoms with Gasteiger partial charge >= 0.3 is 6.18 Å². The molecule has 1 atom stereocenters. The summed E-state index contributed by atoms with van der Waals surface area (Å²) in [7, 11) is 0. The number of aryl methyl sites for hydroxylation is 2. The average molecular weight is 445 g/mol. The summed E-state index contributed by atoms with van der Waals surface area (Å²) in [6.07, 6.45) is -1.52. The number of rotatable bonds is 4. The summed E-state index contributed by atoms with van der Waals surface area (Å²) in [4.78, 5) is 35.9. The van der Waals surface area contributed by atoms with Gasteiger partial charge in [-0.25, -0.2) is 9.97 Å². The molecule has 0 spiro atoms. The molecule has 0 aromatic carbocycles. The van der Waals surface area contributed by atoms with Crippen molar-refractivity contribution in [3.63, 3.8) is 0 Å². The molecule has 0 unspecified atom stereocenters. The minimum Gasteiger partial charge on any atom is -0.354 e. The second kappa shape index (κ2) is 8.25. The fourth-order valence-electron chi connectivity index (χ4n) is 3.85. The van der Waals surface area contributed by atoms with E-state index in [0.29, 0.717) is 42.9 Å². The van der Waals surface area contributed by atoms with Crippen molar-refractivity contribution in [2.75, 3.05) is 18.0 Å². The van der Waals surface area contributed by atoms with Gasteiger partial charge in [-0.3, -0.25) is 9.59 Å². The first-order valence-electron chi connectivity index (χ1n) is 10.3. The molecule has 0 saturated carbocycles. The molecule has 0 radical (unpaired) electrons. The highest BCUT2D eigenvalue weighted by Gasteiger charge is 2.32. The van der Waals surface area contributed by atoms with Gasteiger partial charge in [0.2, 0.25) is 5.43 Å². The summed E-state index contributed by atoms with van der Waals surface area (Å²) in [5.74, 6) is -0.0675. The molecule has 7 nitrogen and oxygen atoms in total. The molecule has 4 rings (SSSR count). The van der Waals surface area contributed by atoms with Crippen LogP contribution in [0.15, 0.2) is 41.5 Å². The van der Waals surface area contributed by atoms with Gasteiger partial charge in [-0.05, 0) is 44.5 Å². The molecule has 1 saturated heterocycles. The van der Waals surface area contributed by atoms with Crippen molar-refractivity contribution in [2.24, 2.45) is 0 Å². The quantitative estimate of drug-likeness (QED) is 0.668. The van der Waals surface area contributed by atoms with E-state index in [0.717, 1.165) is 18.0 Å². The Hall–Kier alpha value is -3.43. The molecule has 1 aliphatic rings. The lowest BCUT2D eigenvalue weighted by atomic mass is 10.1. The number of alkyl halides is 3. The zero-order valence-electron chi connectivity index (χ0n) is 17.6. The van der Waals surface area contributed by atoms with Crippen molar-refractivity contribution < 1.29 is 18.0 Å². The monoisotopic (exact) mass is 445 g/mol.